The number of hydrogen-bond donors (Lipinski definition) is 2. The smallest absolute Gasteiger partial charge is 0.369 e. The van der Waals surface area contributed by atoms with Crippen LogP contribution in [0.25, 0.3) is 0 Å². The molecule has 8 nitrogen and oxygen atoms in total. The van der Waals surface area contributed by atoms with Gasteiger partial charge in [0.05, 0.1) is 17.8 Å². The minimum atomic E-state index is -5.16. The largest absolute Gasteiger partial charge is 0.471 e. The third-order valence-corrected chi connectivity index (χ3v) is 7.87. The van der Waals surface area contributed by atoms with Crippen LogP contribution in [0, 0.1) is 34.5 Å². The van der Waals surface area contributed by atoms with Crippen LogP contribution in [0.2, 0.25) is 0 Å². The number of likely N-dealkylation sites (tertiary alicyclic amines) is 1. The highest BCUT2D eigenvalue weighted by Gasteiger charge is 2.70. The molecule has 2 N–H and O–H groups in total. The number of halogens is 3. The van der Waals surface area contributed by atoms with Crippen LogP contribution in [0.1, 0.15) is 46.5 Å². The molecule has 0 unspecified atom stereocenters. The molecule has 3 amide bonds. The Morgan fingerprint density at radius 1 is 1.24 bits per heavy atom. The summed E-state index contributed by atoms with van der Waals surface area (Å²) in [7, 11) is 0. The van der Waals surface area contributed by atoms with Crippen molar-refractivity contribution < 1.29 is 32.3 Å². The van der Waals surface area contributed by atoms with Gasteiger partial charge in [0, 0.05) is 6.54 Å². The maximum atomic E-state index is 13.5. The first-order valence-electron chi connectivity index (χ1n) is 11.3. The minimum Gasteiger partial charge on any atom is -0.369 e. The van der Waals surface area contributed by atoms with Crippen molar-refractivity contribution in [3.8, 4) is 6.07 Å². The number of rotatable bonds is 8. The van der Waals surface area contributed by atoms with E-state index in [0.717, 1.165) is 25.7 Å². The molecule has 11 heteroatoms. The molecule has 3 saturated carbocycles. The van der Waals surface area contributed by atoms with E-state index in [4.69, 9.17) is 10.00 Å². The van der Waals surface area contributed by atoms with Gasteiger partial charge in [-0.3, -0.25) is 14.4 Å². The summed E-state index contributed by atoms with van der Waals surface area (Å²) in [5.74, 6) is -3.34. The first-order valence-corrected chi connectivity index (χ1v) is 11.3. The van der Waals surface area contributed by atoms with Crippen molar-refractivity contribution in [2.75, 3.05) is 13.1 Å². The predicted octanol–water partition coefficient (Wildman–Crippen LogP) is 1.50. The summed E-state index contributed by atoms with van der Waals surface area (Å²) in [4.78, 5) is 39.4. The minimum absolute atomic E-state index is 0.00992. The van der Waals surface area contributed by atoms with Crippen LogP contribution in [-0.4, -0.2) is 65.7 Å². The van der Waals surface area contributed by atoms with E-state index in [9.17, 15) is 27.6 Å². The summed E-state index contributed by atoms with van der Waals surface area (Å²) in [6.45, 7) is 5.38. The van der Waals surface area contributed by atoms with Gasteiger partial charge in [-0.1, -0.05) is 13.8 Å². The topological polar surface area (TPSA) is 112 Å². The van der Waals surface area contributed by atoms with Gasteiger partial charge in [0.2, 0.25) is 11.8 Å². The number of nitriles is 1. The Bertz CT molecular complexity index is 891. The number of alkyl halides is 3. The highest BCUT2D eigenvalue weighted by molar-refractivity contribution is 5.94. The van der Waals surface area contributed by atoms with Crippen LogP contribution in [0.3, 0.4) is 0 Å². The van der Waals surface area contributed by atoms with Gasteiger partial charge in [-0.05, 0) is 55.8 Å². The second-order valence-corrected chi connectivity index (χ2v) is 10.4. The van der Waals surface area contributed by atoms with E-state index in [1.807, 2.05) is 25.2 Å². The van der Waals surface area contributed by atoms with Crippen LogP contribution in [0.15, 0.2) is 0 Å². The van der Waals surface area contributed by atoms with E-state index in [2.05, 4.69) is 5.32 Å². The zero-order valence-corrected chi connectivity index (χ0v) is 18.9. The Labute approximate surface area is 190 Å². The van der Waals surface area contributed by atoms with Gasteiger partial charge in [-0.15, -0.1) is 0 Å². The first kappa shape index (κ1) is 23.8. The van der Waals surface area contributed by atoms with Crippen molar-refractivity contribution in [2.24, 2.45) is 23.2 Å². The molecule has 0 bridgehead atoms. The summed E-state index contributed by atoms with van der Waals surface area (Å²) < 4.78 is 45.2. The summed E-state index contributed by atoms with van der Waals surface area (Å²) in [6, 6.07) is -0.686. The average molecular weight is 470 g/mol. The molecule has 4 rings (SSSR count). The fourth-order valence-electron chi connectivity index (χ4n) is 5.62. The summed E-state index contributed by atoms with van der Waals surface area (Å²) in [6.07, 6.45) is -2.66. The molecule has 0 radical (unpaired) electrons. The van der Waals surface area contributed by atoms with Crippen molar-refractivity contribution in [1.82, 2.24) is 15.5 Å². The molecule has 0 aromatic heterocycles. The molecule has 5 atom stereocenters. The lowest BCUT2D eigenvalue weighted by Gasteiger charge is -2.35. The Morgan fingerprint density at radius 2 is 1.88 bits per heavy atom. The Morgan fingerprint density at radius 3 is 2.39 bits per heavy atom. The van der Waals surface area contributed by atoms with Crippen molar-refractivity contribution >= 4 is 17.7 Å². The first-order chi connectivity index (χ1) is 15.3. The number of hydrogen-bond acceptors (Lipinski definition) is 5. The molecule has 33 heavy (non-hydrogen) atoms. The fraction of sp³-hybridized carbons (Fsp3) is 0.818. The fourth-order valence-corrected chi connectivity index (χ4v) is 5.62. The molecular formula is C22H29F3N4O4. The van der Waals surface area contributed by atoms with Gasteiger partial charge in [-0.25, -0.2) is 0 Å². The van der Waals surface area contributed by atoms with E-state index >= 15 is 0 Å². The number of carbonyl (C=O) groups is 3. The average Bonchev–Trinajstić information content (AvgIpc) is 3.66. The van der Waals surface area contributed by atoms with Crippen molar-refractivity contribution in [3.63, 3.8) is 0 Å². The maximum Gasteiger partial charge on any atom is 0.471 e. The zero-order chi connectivity index (χ0) is 24.3. The van der Waals surface area contributed by atoms with Crippen LogP contribution in [0.5, 0.6) is 0 Å². The third kappa shape index (κ3) is 4.29. The van der Waals surface area contributed by atoms with E-state index in [1.165, 1.54) is 11.8 Å². The quantitative estimate of drug-likeness (QED) is 0.523. The van der Waals surface area contributed by atoms with Crippen LogP contribution in [0.4, 0.5) is 13.2 Å². The van der Waals surface area contributed by atoms with Crippen LogP contribution < -0.4 is 10.6 Å². The third-order valence-electron chi connectivity index (χ3n) is 7.87. The lowest BCUT2D eigenvalue weighted by atomic mass is 9.99. The van der Waals surface area contributed by atoms with Crippen LogP contribution in [-0.2, 0) is 19.1 Å². The van der Waals surface area contributed by atoms with E-state index < -0.39 is 47.7 Å². The number of ether oxygens (including phenoxy) is 1. The molecule has 182 valence electrons. The lowest BCUT2D eigenvalue weighted by molar-refractivity contribution is -0.177. The molecule has 0 aromatic rings. The molecule has 4 aliphatic rings. The normalized spacial score (nSPS) is 30.5. The monoisotopic (exact) mass is 470 g/mol. The van der Waals surface area contributed by atoms with Gasteiger partial charge in [0.1, 0.15) is 18.6 Å². The molecule has 3 aliphatic carbocycles. The second kappa shape index (κ2) is 7.86. The SMILES string of the molecule is C[C@@H](OC1(C2CC2)CC1)[C@H](NC(=O)C(F)(F)F)C(=O)N1C[C@H]2[C@@H]([C@H]1C(=O)NCC#N)C2(C)C. The van der Waals surface area contributed by atoms with E-state index in [-0.39, 0.29) is 30.3 Å². The van der Waals surface area contributed by atoms with Crippen molar-refractivity contribution in [3.05, 3.63) is 0 Å². The predicted molar refractivity (Wildman–Crippen MR) is 108 cm³/mol. The Hall–Kier alpha value is -2.35. The van der Waals surface area contributed by atoms with Gasteiger partial charge < -0.3 is 20.3 Å². The number of carbonyl (C=O) groups excluding carboxylic acids is 3. The zero-order valence-electron chi connectivity index (χ0n) is 18.9. The standard InChI is InChI=1S/C22H29F3N4O4/c1-11(33-21(6-7-21)12-4-5-12)15(28-19(32)22(23,24)25)18(31)29-10-13-14(20(13,2)3)16(29)17(30)27-9-8-26/h11-16H,4-7,9-10H2,1-3H3,(H,27,30)(H,28,32)/t11-,13+,14+,15+,16+/m1/s1. The van der Waals surface area contributed by atoms with Crippen molar-refractivity contribution in [1.29, 1.82) is 5.26 Å². The highest BCUT2D eigenvalue weighted by Crippen LogP contribution is 2.65. The van der Waals surface area contributed by atoms with Crippen LogP contribution >= 0.6 is 0 Å². The van der Waals surface area contributed by atoms with E-state index in [1.54, 1.807) is 0 Å². The van der Waals surface area contributed by atoms with Gasteiger partial charge in [0.25, 0.3) is 0 Å². The number of nitrogens with zero attached hydrogens (tertiary/aromatic N) is 2. The molecule has 1 saturated heterocycles. The number of nitrogens with one attached hydrogen (secondary N) is 2. The van der Waals surface area contributed by atoms with Gasteiger partial charge >= 0.3 is 12.1 Å². The van der Waals surface area contributed by atoms with Crippen molar-refractivity contribution in [2.45, 2.75) is 76.4 Å². The van der Waals surface area contributed by atoms with Gasteiger partial charge in [-0.2, -0.15) is 18.4 Å². The lowest BCUT2D eigenvalue weighted by Crippen LogP contribution is -2.60. The summed E-state index contributed by atoms with van der Waals surface area (Å²) in [5, 5.41) is 13.1. The molecule has 0 spiro atoms. The second-order valence-electron chi connectivity index (χ2n) is 10.4. The summed E-state index contributed by atoms with van der Waals surface area (Å²) >= 11 is 0. The maximum absolute atomic E-state index is 13.5. The number of piperidine rings is 1. The Balaban J connectivity index is 1.56. The highest BCUT2D eigenvalue weighted by atomic mass is 19.4. The molecule has 1 heterocycles. The molecule has 1 aliphatic heterocycles. The van der Waals surface area contributed by atoms with Gasteiger partial charge in [0.15, 0.2) is 0 Å². The number of fused-ring (bicyclic) bond motifs is 1. The number of amides is 3. The Kier molecular flexibility index (Phi) is 5.67. The molecule has 0 aromatic carbocycles. The molecular weight excluding hydrogens is 441 g/mol. The summed E-state index contributed by atoms with van der Waals surface area (Å²) in [5.41, 5.74) is -0.637. The molecule has 4 fully saturated rings. The van der Waals surface area contributed by atoms with E-state index in [0.29, 0.717) is 5.92 Å².